The molecule has 0 saturated carbocycles. The van der Waals surface area contributed by atoms with Gasteiger partial charge in [0.2, 0.25) is 0 Å². The molecule has 1 saturated heterocycles. The molecule has 2 rings (SSSR count). The van der Waals surface area contributed by atoms with E-state index in [2.05, 4.69) is 35.6 Å². The number of benzene rings is 1. The molecule has 1 fully saturated rings. The fourth-order valence-electron chi connectivity index (χ4n) is 2.03. The number of rotatable bonds is 6. The highest BCUT2D eigenvalue weighted by molar-refractivity contribution is 7.99. The Morgan fingerprint density at radius 3 is 2.71 bits per heavy atom. The summed E-state index contributed by atoms with van der Waals surface area (Å²) in [5, 5.41) is 3.38. The first-order chi connectivity index (χ1) is 8.45. The summed E-state index contributed by atoms with van der Waals surface area (Å²) in [6.45, 7) is 4.13. The molecule has 1 N–H and O–H groups in total. The zero-order chi connectivity index (χ0) is 11.8. The van der Waals surface area contributed by atoms with Crippen molar-refractivity contribution in [3.05, 3.63) is 30.3 Å². The normalized spacial score (nSPS) is 17.2. The van der Waals surface area contributed by atoms with E-state index in [1.54, 1.807) is 0 Å². The minimum Gasteiger partial charge on any atom is -0.380 e. The maximum Gasteiger partial charge on any atom is 0.0560 e. The third-order valence-electron chi connectivity index (χ3n) is 3.05. The van der Waals surface area contributed by atoms with Gasteiger partial charge in [0.1, 0.15) is 0 Å². The van der Waals surface area contributed by atoms with Crippen molar-refractivity contribution in [3.63, 3.8) is 0 Å². The average molecular weight is 251 g/mol. The smallest absolute Gasteiger partial charge is 0.0560 e. The molecule has 1 aromatic carbocycles. The second-order valence-corrected chi connectivity index (χ2v) is 5.60. The van der Waals surface area contributed by atoms with Gasteiger partial charge >= 0.3 is 0 Å². The summed E-state index contributed by atoms with van der Waals surface area (Å²) in [7, 11) is 0. The van der Waals surface area contributed by atoms with E-state index in [9.17, 15) is 0 Å². The van der Waals surface area contributed by atoms with E-state index in [1.165, 1.54) is 17.7 Å². The molecule has 1 aromatic rings. The minimum absolute atomic E-state index is 0.776. The first kappa shape index (κ1) is 12.9. The van der Waals surface area contributed by atoms with E-state index < -0.39 is 0 Å². The Labute approximate surface area is 108 Å². The average Bonchev–Trinajstić information content (AvgIpc) is 2.41. The number of hydrogen-bond donors (Lipinski definition) is 1. The quantitative estimate of drug-likeness (QED) is 0.620. The van der Waals surface area contributed by atoms with Crippen molar-refractivity contribution in [1.29, 1.82) is 0 Å². The van der Waals surface area contributed by atoms with Crippen LogP contribution < -0.4 is 5.32 Å². The zero-order valence-corrected chi connectivity index (χ0v) is 11.0. The van der Waals surface area contributed by atoms with Crippen molar-refractivity contribution >= 4 is 11.8 Å². The van der Waals surface area contributed by atoms with E-state index in [-0.39, 0.29) is 0 Å². The SMILES string of the molecule is c1ccc(SCCOCC2CCNCC2)cc1. The highest BCUT2D eigenvalue weighted by atomic mass is 32.2. The van der Waals surface area contributed by atoms with Crippen LogP contribution in [0.4, 0.5) is 0 Å². The number of thioether (sulfide) groups is 1. The Hall–Kier alpha value is -0.510. The molecule has 0 atom stereocenters. The lowest BCUT2D eigenvalue weighted by molar-refractivity contribution is 0.0995. The number of hydrogen-bond acceptors (Lipinski definition) is 3. The van der Waals surface area contributed by atoms with Gasteiger partial charge < -0.3 is 10.1 Å². The number of ether oxygens (including phenoxy) is 1. The largest absolute Gasteiger partial charge is 0.380 e. The van der Waals surface area contributed by atoms with Crippen LogP contribution in [0.15, 0.2) is 35.2 Å². The number of piperidine rings is 1. The Morgan fingerprint density at radius 2 is 1.94 bits per heavy atom. The Morgan fingerprint density at radius 1 is 1.18 bits per heavy atom. The molecule has 0 amide bonds. The third-order valence-corrected chi connectivity index (χ3v) is 4.03. The second kappa shape index (κ2) is 7.75. The van der Waals surface area contributed by atoms with Gasteiger partial charge in [-0.1, -0.05) is 18.2 Å². The van der Waals surface area contributed by atoms with Gasteiger partial charge in [-0.25, -0.2) is 0 Å². The molecule has 0 spiro atoms. The molecule has 1 heterocycles. The Kier molecular flexibility index (Phi) is 5.89. The van der Waals surface area contributed by atoms with Gasteiger partial charge in [0.15, 0.2) is 0 Å². The summed E-state index contributed by atoms with van der Waals surface area (Å²) >= 11 is 1.87. The van der Waals surface area contributed by atoms with Crippen LogP contribution >= 0.6 is 11.8 Å². The van der Waals surface area contributed by atoms with Gasteiger partial charge in [0, 0.05) is 17.3 Å². The summed E-state index contributed by atoms with van der Waals surface area (Å²) in [5.41, 5.74) is 0. The third kappa shape index (κ3) is 5.11. The van der Waals surface area contributed by atoms with Crippen LogP contribution in [0, 0.1) is 5.92 Å². The lowest BCUT2D eigenvalue weighted by Crippen LogP contribution is -2.30. The molecule has 0 unspecified atom stereocenters. The molecule has 1 aliphatic heterocycles. The molecule has 94 valence electrons. The van der Waals surface area contributed by atoms with E-state index in [1.807, 2.05) is 11.8 Å². The van der Waals surface area contributed by atoms with Crippen LogP contribution in [0.5, 0.6) is 0 Å². The highest BCUT2D eigenvalue weighted by Gasteiger charge is 2.12. The van der Waals surface area contributed by atoms with Crippen molar-refractivity contribution in [3.8, 4) is 0 Å². The summed E-state index contributed by atoms with van der Waals surface area (Å²) in [6, 6.07) is 10.5. The van der Waals surface area contributed by atoms with Gasteiger partial charge in [-0.05, 0) is 44.0 Å². The van der Waals surface area contributed by atoms with Crippen molar-refractivity contribution in [2.24, 2.45) is 5.92 Å². The molecule has 1 aliphatic rings. The van der Waals surface area contributed by atoms with Crippen LogP contribution in [-0.2, 0) is 4.74 Å². The first-order valence-electron chi connectivity index (χ1n) is 6.41. The monoisotopic (exact) mass is 251 g/mol. The topological polar surface area (TPSA) is 21.3 Å². The second-order valence-electron chi connectivity index (χ2n) is 4.43. The Balaban J connectivity index is 1.51. The Bertz CT molecular complexity index is 298. The van der Waals surface area contributed by atoms with Gasteiger partial charge in [-0.2, -0.15) is 0 Å². The molecule has 0 aromatic heterocycles. The molecular formula is C14H21NOS. The predicted octanol–water partition coefficient (Wildman–Crippen LogP) is 2.79. The summed E-state index contributed by atoms with van der Waals surface area (Å²) in [5.74, 6) is 1.83. The van der Waals surface area contributed by atoms with E-state index in [0.717, 1.165) is 38.0 Å². The van der Waals surface area contributed by atoms with Gasteiger partial charge in [-0.15, -0.1) is 11.8 Å². The van der Waals surface area contributed by atoms with Crippen LogP contribution in [0.25, 0.3) is 0 Å². The maximum absolute atomic E-state index is 5.75. The van der Waals surface area contributed by atoms with Crippen molar-refractivity contribution in [1.82, 2.24) is 5.32 Å². The van der Waals surface area contributed by atoms with Gasteiger partial charge in [-0.3, -0.25) is 0 Å². The zero-order valence-electron chi connectivity index (χ0n) is 10.2. The maximum atomic E-state index is 5.75. The van der Waals surface area contributed by atoms with E-state index in [4.69, 9.17) is 4.74 Å². The molecule has 2 nitrogen and oxygen atoms in total. The first-order valence-corrected chi connectivity index (χ1v) is 7.40. The van der Waals surface area contributed by atoms with Crippen molar-refractivity contribution < 1.29 is 4.74 Å². The molecular weight excluding hydrogens is 230 g/mol. The molecule has 17 heavy (non-hydrogen) atoms. The van der Waals surface area contributed by atoms with E-state index >= 15 is 0 Å². The summed E-state index contributed by atoms with van der Waals surface area (Å²) < 4.78 is 5.75. The molecule has 0 aliphatic carbocycles. The lowest BCUT2D eigenvalue weighted by atomic mass is 9.99. The van der Waals surface area contributed by atoms with Crippen molar-refractivity contribution in [2.45, 2.75) is 17.7 Å². The molecule has 0 radical (unpaired) electrons. The fraction of sp³-hybridized carbons (Fsp3) is 0.571. The highest BCUT2D eigenvalue weighted by Crippen LogP contribution is 2.17. The standard InChI is InChI=1S/C14H21NOS/c1-2-4-14(5-3-1)17-11-10-16-12-13-6-8-15-9-7-13/h1-5,13,15H,6-12H2. The van der Waals surface area contributed by atoms with Crippen LogP contribution in [0.2, 0.25) is 0 Å². The summed E-state index contributed by atoms with van der Waals surface area (Å²) in [4.78, 5) is 1.33. The molecule has 3 heteroatoms. The van der Waals surface area contributed by atoms with Crippen LogP contribution in [-0.4, -0.2) is 32.1 Å². The number of nitrogens with one attached hydrogen (secondary N) is 1. The minimum atomic E-state index is 0.776. The summed E-state index contributed by atoms with van der Waals surface area (Å²) in [6.07, 6.45) is 2.54. The molecule has 0 bridgehead atoms. The van der Waals surface area contributed by atoms with Gasteiger partial charge in [0.25, 0.3) is 0 Å². The van der Waals surface area contributed by atoms with Crippen LogP contribution in [0.1, 0.15) is 12.8 Å². The van der Waals surface area contributed by atoms with Crippen LogP contribution in [0.3, 0.4) is 0 Å². The lowest BCUT2D eigenvalue weighted by Gasteiger charge is -2.22. The van der Waals surface area contributed by atoms with E-state index in [0.29, 0.717) is 0 Å². The van der Waals surface area contributed by atoms with Crippen molar-refractivity contribution in [2.75, 3.05) is 32.1 Å². The van der Waals surface area contributed by atoms with Gasteiger partial charge in [0.05, 0.1) is 6.61 Å². The predicted molar refractivity (Wildman–Crippen MR) is 73.6 cm³/mol. The fourth-order valence-corrected chi connectivity index (χ4v) is 2.82.